The quantitative estimate of drug-likeness (QED) is 0.434. The summed E-state index contributed by atoms with van der Waals surface area (Å²) in [6, 6.07) is 12.6. The van der Waals surface area contributed by atoms with Gasteiger partial charge in [-0.05, 0) is 23.8 Å². The second-order valence-electron chi connectivity index (χ2n) is 6.62. The number of quaternary nitrogens is 1. The maximum Gasteiger partial charge on any atom is 0.231 e. The molecule has 2 aromatic carbocycles. The van der Waals surface area contributed by atoms with E-state index in [1.165, 1.54) is 11.3 Å². The number of hydrogen-bond donors (Lipinski definition) is 4. The zero-order valence-electron chi connectivity index (χ0n) is 16.0. The highest BCUT2D eigenvalue weighted by atomic mass is 32.2. The van der Waals surface area contributed by atoms with E-state index in [4.69, 9.17) is 14.7 Å². The molecular formula is C20H17N5O4S2. The number of hydrogen-bond acceptors (Lipinski definition) is 10. The van der Waals surface area contributed by atoms with Crippen molar-refractivity contribution in [1.82, 2.24) is 10.4 Å². The molecule has 1 aromatic heterocycles. The minimum atomic E-state index is -0.960. The first-order valence-electron chi connectivity index (χ1n) is 9.28. The molecule has 2 aliphatic rings. The van der Waals surface area contributed by atoms with Gasteiger partial charge in [-0.1, -0.05) is 30.0 Å². The van der Waals surface area contributed by atoms with Crippen LogP contribution in [0.4, 0.5) is 10.8 Å². The van der Waals surface area contributed by atoms with E-state index in [9.17, 15) is 5.21 Å². The number of thioether (sulfide) groups is 1. The Morgan fingerprint density at radius 2 is 2.03 bits per heavy atom. The summed E-state index contributed by atoms with van der Waals surface area (Å²) in [5.41, 5.74) is 8.87. The molecule has 1 unspecified atom stereocenters. The van der Waals surface area contributed by atoms with Crippen LogP contribution in [0.25, 0.3) is 17.3 Å². The van der Waals surface area contributed by atoms with Crippen LogP contribution in [0.15, 0.2) is 57.7 Å². The topological polar surface area (TPSA) is 116 Å². The zero-order valence-corrected chi connectivity index (χ0v) is 17.6. The van der Waals surface area contributed by atoms with Crippen LogP contribution in [-0.2, 0) is 0 Å². The Labute approximate surface area is 185 Å². The molecule has 2 aliphatic heterocycles. The summed E-state index contributed by atoms with van der Waals surface area (Å²) >= 11 is 2.96. The number of nitrogens with one attached hydrogen (secondary N) is 3. The van der Waals surface area contributed by atoms with Crippen molar-refractivity contribution in [1.29, 1.82) is 0 Å². The molecule has 31 heavy (non-hydrogen) atoms. The van der Waals surface area contributed by atoms with Gasteiger partial charge in [0.25, 0.3) is 0 Å². The van der Waals surface area contributed by atoms with Gasteiger partial charge in [-0.25, -0.2) is 10.2 Å². The van der Waals surface area contributed by atoms with Crippen LogP contribution < -0.4 is 25.6 Å². The first kappa shape index (κ1) is 19.8. The molecule has 3 aromatic rings. The molecule has 1 atom stereocenters. The lowest BCUT2D eigenvalue weighted by atomic mass is 10.1. The van der Waals surface area contributed by atoms with E-state index in [0.29, 0.717) is 17.4 Å². The highest BCUT2D eigenvalue weighted by molar-refractivity contribution is 8.17. The fourth-order valence-electron chi connectivity index (χ4n) is 3.05. The molecule has 0 aliphatic carbocycles. The van der Waals surface area contributed by atoms with Crippen molar-refractivity contribution in [3.63, 3.8) is 0 Å². The molecule has 5 rings (SSSR count). The number of amidine groups is 1. The lowest BCUT2D eigenvalue weighted by molar-refractivity contribution is -0.991. The van der Waals surface area contributed by atoms with Crippen LogP contribution in [0.1, 0.15) is 5.56 Å². The van der Waals surface area contributed by atoms with Crippen LogP contribution in [0.2, 0.25) is 0 Å². The predicted octanol–water partition coefficient (Wildman–Crippen LogP) is 3.00. The van der Waals surface area contributed by atoms with Gasteiger partial charge in [0.2, 0.25) is 11.9 Å². The number of benzene rings is 2. The Balaban J connectivity index is 1.19. The number of hydrazine groups is 1. The maximum atomic E-state index is 11.2. The van der Waals surface area contributed by atoms with Crippen molar-refractivity contribution in [3.05, 3.63) is 63.5 Å². The van der Waals surface area contributed by atoms with E-state index < -0.39 is 5.23 Å². The highest BCUT2D eigenvalue weighted by Gasteiger charge is 2.16. The maximum absolute atomic E-state index is 11.2. The van der Waals surface area contributed by atoms with Crippen molar-refractivity contribution >= 4 is 45.2 Å². The molecule has 0 spiro atoms. The van der Waals surface area contributed by atoms with Gasteiger partial charge in [0.05, 0.1) is 12.2 Å². The number of aromatic nitrogens is 1. The molecule has 3 heterocycles. The number of ether oxygens (including phenoxy) is 2. The monoisotopic (exact) mass is 455 g/mol. The summed E-state index contributed by atoms with van der Waals surface area (Å²) in [5, 5.41) is 22.6. The average molecular weight is 456 g/mol. The first-order valence-corrected chi connectivity index (χ1v) is 11.0. The Hall–Kier alpha value is -3.09. The lowest BCUT2D eigenvalue weighted by Crippen LogP contribution is -2.99. The summed E-state index contributed by atoms with van der Waals surface area (Å²) in [6.45, 7) is 0.852. The van der Waals surface area contributed by atoms with Crippen LogP contribution in [-0.4, -0.2) is 28.7 Å². The first-order chi connectivity index (χ1) is 15.1. The number of thiazole rings is 1. The molecule has 4 N–H and O–H groups in total. The number of nitrogens with zero attached hydrogens (tertiary/aromatic N) is 2. The van der Waals surface area contributed by atoms with Gasteiger partial charge < -0.3 is 14.7 Å². The average Bonchev–Trinajstić information content (AvgIpc) is 3.53. The van der Waals surface area contributed by atoms with Crippen LogP contribution in [0.5, 0.6) is 11.5 Å². The molecule has 0 saturated heterocycles. The Kier molecular flexibility index (Phi) is 5.49. The van der Waals surface area contributed by atoms with E-state index in [-0.39, 0.29) is 12.5 Å². The summed E-state index contributed by atoms with van der Waals surface area (Å²) in [6.07, 6.45) is 2.07. The van der Waals surface area contributed by atoms with Gasteiger partial charge in [0.15, 0.2) is 22.4 Å². The predicted molar refractivity (Wildman–Crippen MR) is 121 cm³/mol. The van der Waals surface area contributed by atoms with Gasteiger partial charge in [-0.2, -0.15) is 5.23 Å². The van der Waals surface area contributed by atoms with E-state index in [1.54, 1.807) is 30.0 Å². The Morgan fingerprint density at radius 1 is 1.13 bits per heavy atom. The minimum Gasteiger partial charge on any atom is -0.595 e. The summed E-state index contributed by atoms with van der Waals surface area (Å²) in [5.74, 6) is 1.52. The summed E-state index contributed by atoms with van der Waals surface area (Å²) in [7, 11) is 0. The highest BCUT2D eigenvalue weighted by Crippen LogP contribution is 2.34. The van der Waals surface area contributed by atoms with Crippen molar-refractivity contribution in [2.24, 2.45) is 4.99 Å². The Bertz CT molecular complexity index is 1180. The van der Waals surface area contributed by atoms with Crippen LogP contribution >= 0.6 is 23.1 Å². The molecule has 0 amide bonds. The standard InChI is InChI=1S/C20H17N5O4S2/c26-25(27)14-3-1-2-13(8-14)16-10-30-20(22-16)24-23-19-21-9-15(31-19)6-12-4-5-17-18(7-12)29-11-28-17/h1-8,10,25-26H,9,11H2,(H,21,23)(H,22,24)/b15-6+. The SMILES string of the molecule is [O-][NH+](O)c1cccc(-c2csc(NNC3=NC/C(=C\c4ccc5c(c4)OCO5)S3)n2)c1. The molecule has 9 nitrogen and oxygen atoms in total. The lowest BCUT2D eigenvalue weighted by Gasteiger charge is -2.11. The van der Waals surface area contributed by atoms with Gasteiger partial charge in [-0.15, -0.1) is 11.3 Å². The third-order valence-corrected chi connectivity index (χ3v) is 6.21. The fraction of sp³-hybridized carbons (Fsp3) is 0.100. The van der Waals surface area contributed by atoms with Gasteiger partial charge in [0.1, 0.15) is 0 Å². The number of fused-ring (bicyclic) bond motifs is 1. The second-order valence-corrected chi connectivity index (χ2v) is 8.59. The van der Waals surface area contributed by atoms with Crippen LogP contribution in [0, 0.1) is 5.21 Å². The normalized spacial score (nSPS) is 17.0. The van der Waals surface area contributed by atoms with E-state index in [2.05, 4.69) is 26.9 Å². The van der Waals surface area contributed by atoms with Gasteiger partial charge in [0, 0.05) is 28.0 Å². The third-order valence-electron chi connectivity index (χ3n) is 4.52. The third kappa shape index (κ3) is 4.50. The molecule has 158 valence electrons. The number of anilines is 1. The van der Waals surface area contributed by atoms with Crippen molar-refractivity contribution in [2.75, 3.05) is 18.8 Å². The van der Waals surface area contributed by atoms with Gasteiger partial charge in [-0.3, -0.25) is 15.8 Å². The van der Waals surface area contributed by atoms with E-state index in [1.807, 2.05) is 29.6 Å². The van der Waals surface area contributed by atoms with Crippen molar-refractivity contribution < 1.29 is 19.9 Å². The summed E-state index contributed by atoms with van der Waals surface area (Å²) in [4.78, 5) is 10.1. The fourth-order valence-corrected chi connectivity index (χ4v) is 4.53. The second kappa shape index (κ2) is 8.57. The molecule has 0 saturated carbocycles. The molecule has 0 radical (unpaired) electrons. The Morgan fingerprint density at radius 3 is 2.94 bits per heavy atom. The smallest absolute Gasteiger partial charge is 0.231 e. The molecular weight excluding hydrogens is 438 g/mol. The molecule has 0 fully saturated rings. The summed E-state index contributed by atoms with van der Waals surface area (Å²) < 4.78 is 10.8. The van der Waals surface area contributed by atoms with Crippen molar-refractivity contribution in [3.8, 4) is 22.8 Å². The van der Waals surface area contributed by atoms with E-state index in [0.717, 1.165) is 32.7 Å². The van der Waals surface area contributed by atoms with Gasteiger partial charge >= 0.3 is 0 Å². The van der Waals surface area contributed by atoms with Crippen LogP contribution in [0.3, 0.4) is 0 Å². The zero-order chi connectivity index (χ0) is 21.2. The molecule has 11 heteroatoms. The molecule has 0 bridgehead atoms. The number of rotatable bonds is 5. The number of aliphatic imine (C=N–C) groups is 1. The largest absolute Gasteiger partial charge is 0.595 e. The minimum absolute atomic E-state index is 0.233. The van der Waals surface area contributed by atoms with Crippen molar-refractivity contribution in [2.45, 2.75) is 0 Å². The van der Waals surface area contributed by atoms with E-state index >= 15 is 0 Å².